The van der Waals surface area contributed by atoms with Gasteiger partial charge in [-0.05, 0) is 0 Å². The van der Waals surface area contributed by atoms with Gasteiger partial charge in [-0.2, -0.15) is 0 Å². The maximum Gasteiger partial charge on any atom is 0.222 e. The highest BCUT2D eigenvalue weighted by molar-refractivity contribution is 5.76. The van der Waals surface area contributed by atoms with Crippen LogP contribution in [0.1, 0.15) is 6.92 Å². The average Bonchev–Trinajstić information content (AvgIpc) is 1.65. The molecule has 1 amide bonds. The summed E-state index contributed by atoms with van der Waals surface area (Å²) in [6, 6.07) is 0. The van der Waals surface area contributed by atoms with Crippen LogP contribution in [0.5, 0.6) is 0 Å². The first-order chi connectivity index (χ1) is 3.18. The topological polar surface area (TPSA) is 63.3 Å². The molecule has 0 aliphatic rings. The molecule has 7 heavy (non-hydrogen) atoms. The van der Waals surface area contributed by atoms with Gasteiger partial charge in [0.25, 0.3) is 0 Å². The molecule has 42 valence electrons. The molecule has 0 bridgehead atoms. The summed E-state index contributed by atoms with van der Waals surface area (Å²) >= 11 is 0. The Morgan fingerprint density at radius 1 is 2.00 bits per heavy atom. The van der Waals surface area contributed by atoms with Gasteiger partial charge in [-0.1, -0.05) is 6.92 Å². The van der Waals surface area contributed by atoms with Gasteiger partial charge in [-0.25, -0.2) is 0 Å². The summed E-state index contributed by atoms with van der Waals surface area (Å²) in [6.07, 6.45) is 0. The van der Waals surface area contributed by atoms with Gasteiger partial charge in [-0.15, -0.1) is 0 Å². The van der Waals surface area contributed by atoms with Crippen LogP contribution in [0, 0.1) is 5.92 Å². The second-order valence-electron chi connectivity index (χ2n) is 1.49. The van der Waals surface area contributed by atoms with Crippen molar-refractivity contribution in [3.63, 3.8) is 0 Å². The molecule has 3 N–H and O–H groups in total. The van der Waals surface area contributed by atoms with E-state index >= 15 is 0 Å². The Balaban J connectivity index is 3.34. The van der Waals surface area contributed by atoms with E-state index in [9.17, 15) is 4.79 Å². The lowest BCUT2D eigenvalue weighted by Crippen LogP contribution is -2.22. The highest BCUT2D eigenvalue weighted by atomic mass is 16.3. The molecular weight excluding hydrogens is 94.0 g/mol. The van der Waals surface area contributed by atoms with E-state index in [2.05, 4.69) is 0 Å². The van der Waals surface area contributed by atoms with Gasteiger partial charge < -0.3 is 10.8 Å². The Labute approximate surface area is 42.1 Å². The second-order valence-corrected chi connectivity index (χ2v) is 1.49. The lowest BCUT2D eigenvalue weighted by atomic mass is 10.2. The van der Waals surface area contributed by atoms with Crippen molar-refractivity contribution >= 4 is 5.91 Å². The van der Waals surface area contributed by atoms with E-state index in [0.29, 0.717) is 0 Å². The highest BCUT2D eigenvalue weighted by Crippen LogP contribution is 1.86. The molecule has 0 saturated heterocycles. The van der Waals surface area contributed by atoms with Crippen LogP contribution in [0.4, 0.5) is 0 Å². The van der Waals surface area contributed by atoms with E-state index in [1.165, 1.54) is 0 Å². The Hall–Kier alpha value is -0.570. The second kappa shape index (κ2) is 2.58. The molecule has 0 unspecified atom stereocenters. The zero-order valence-corrected chi connectivity index (χ0v) is 4.22. The number of carbonyl (C=O) groups is 1. The molecule has 3 nitrogen and oxygen atoms in total. The van der Waals surface area contributed by atoms with Crippen LogP contribution < -0.4 is 5.73 Å². The van der Waals surface area contributed by atoms with Crippen molar-refractivity contribution in [3.8, 4) is 0 Å². The maximum atomic E-state index is 9.99. The molecule has 0 aliphatic heterocycles. The molecule has 0 heterocycles. The number of aliphatic hydroxyl groups excluding tert-OH is 1. The zero-order chi connectivity index (χ0) is 5.86. The SMILES string of the molecule is C[C@@H](CO)C(N)=O. The van der Waals surface area contributed by atoms with Crippen LogP contribution in [-0.2, 0) is 4.79 Å². The fourth-order valence-corrected chi connectivity index (χ4v) is 0.0900. The normalized spacial score (nSPS) is 13.4. The summed E-state index contributed by atoms with van der Waals surface area (Å²) in [5.41, 5.74) is 4.75. The molecule has 0 radical (unpaired) electrons. The van der Waals surface area contributed by atoms with Gasteiger partial charge in [0.15, 0.2) is 0 Å². The van der Waals surface area contributed by atoms with Crippen molar-refractivity contribution in [3.05, 3.63) is 0 Å². The Kier molecular flexibility index (Phi) is 2.37. The number of hydrogen-bond donors (Lipinski definition) is 2. The van der Waals surface area contributed by atoms with Crippen LogP contribution in [0.3, 0.4) is 0 Å². The van der Waals surface area contributed by atoms with E-state index in [-0.39, 0.29) is 6.61 Å². The number of nitrogens with two attached hydrogens (primary N) is 1. The Morgan fingerprint density at radius 2 is 2.43 bits per heavy atom. The lowest BCUT2D eigenvalue weighted by Gasteiger charge is -1.97. The fraction of sp³-hybridized carbons (Fsp3) is 0.750. The molecule has 0 saturated carbocycles. The predicted molar refractivity (Wildman–Crippen MR) is 25.4 cm³/mol. The maximum absolute atomic E-state index is 9.99. The molecule has 1 atom stereocenters. The third-order valence-corrected chi connectivity index (χ3v) is 0.760. The van der Waals surface area contributed by atoms with Gasteiger partial charge >= 0.3 is 0 Å². The van der Waals surface area contributed by atoms with E-state index in [1.54, 1.807) is 6.92 Å². The van der Waals surface area contributed by atoms with Crippen molar-refractivity contribution in [2.45, 2.75) is 6.92 Å². The van der Waals surface area contributed by atoms with Gasteiger partial charge in [0.05, 0.1) is 12.5 Å². The van der Waals surface area contributed by atoms with E-state index in [4.69, 9.17) is 10.8 Å². The average molecular weight is 103 g/mol. The van der Waals surface area contributed by atoms with E-state index in [0.717, 1.165) is 0 Å². The number of carbonyl (C=O) groups excluding carboxylic acids is 1. The quantitative estimate of drug-likeness (QED) is 0.475. The lowest BCUT2D eigenvalue weighted by molar-refractivity contribution is -0.122. The van der Waals surface area contributed by atoms with Crippen LogP contribution in [0.25, 0.3) is 0 Å². The molecule has 0 spiro atoms. The third kappa shape index (κ3) is 2.17. The van der Waals surface area contributed by atoms with Crippen molar-refractivity contribution in [1.82, 2.24) is 0 Å². The summed E-state index contributed by atoms with van der Waals surface area (Å²) in [5.74, 6) is -0.859. The van der Waals surface area contributed by atoms with Crippen LogP contribution in [0.15, 0.2) is 0 Å². The predicted octanol–water partition coefficient (Wildman–Crippen LogP) is -0.900. The van der Waals surface area contributed by atoms with Gasteiger partial charge in [0, 0.05) is 0 Å². The summed E-state index contributed by atoms with van der Waals surface area (Å²) in [7, 11) is 0. The van der Waals surface area contributed by atoms with Crippen LogP contribution in [-0.4, -0.2) is 17.6 Å². The standard InChI is InChI=1S/C4H9NO2/c1-3(2-6)4(5)7/h3,6H,2H2,1H3,(H2,5,7)/t3-/m0/s1. The summed E-state index contributed by atoms with van der Waals surface area (Å²) < 4.78 is 0. The minimum atomic E-state index is -0.456. The largest absolute Gasteiger partial charge is 0.396 e. The number of primary amides is 1. The summed E-state index contributed by atoms with van der Waals surface area (Å²) in [5, 5.41) is 8.20. The van der Waals surface area contributed by atoms with Gasteiger partial charge in [0.2, 0.25) is 5.91 Å². The monoisotopic (exact) mass is 103 g/mol. The van der Waals surface area contributed by atoms with Crippen molar-refractivity contribution in [2.75, 3.05) is 6.61 Å². The van der Waals surface area contributed by atoms with Crippen LogP contribution in [0.2, 0.25) is 0 Å². The van der Waals surface area contributed by atoms with Crippen LogP contribution >= 0.6 is 0 Å². The first kappa shape index (κ1) is 6.43. The molecule has 0 aromatic heterocycles. The van der Waals surface area contributed by atoms with Crippen molar-refractivity contribution in [1.29, 1.82) is 0 Å². The minimum Gasteiger partial charge on any atom is -0.396 e. The number of aliphatic hydroxyl groups is 1. The number of hydrogen-bond acceptors (Lipinski definition) is 2. The van der Waals surface area contributed by atoms with Crippen molar-refractivity contribution < 1.29 is 9.90 Å². The van der Waals surface area contributed by atoms with Crippen molar-refractivity contribution in [2.24, 2.45) is 11.7 Å². The first-order valence-corrected chi connectivity index (χ1v) is 2.08. The molecule has 0 aromatic carbocycles. The van der Waals surface area contributed by atoms with Gasteiger partial charge in [-0.3, -0.25) is 4.79 Å². The molecular formula is C4H9NO2. The minimum absolute atomic E-state index is 0.157. The highest BCUT2D eigenvalue weighted by Gasteiger charge is 2.03. The van der Waals surface area contributed by atoms with Gasteiger partial charge in [0.1, 0.15) is 0 Å². The summed E-state index contributed by atoms with van der Waals surface area (Å²) in [6.45, 7) is 1.41. The first-order valence-electron chi connectivity index (χ1n) is 2.08. The fourth-order valence-electron chi connectivity index (χ4n) is 0.0900. The molecule has 0 rings (SSSR count). The van der Waals surface area contributed by atoms with E-state index in [1.807, 2.05) is 0 Å². The summed E-state index contributed by atoms with van der Waals surface area (Å²) in [4.78, 5) is 9.99. The molecule has 3 heteroatoms. The third-order valence-electron chi connectivity index (χ3n) is 0.760. The zero-order valence-electron chi connectivity index (χ0n) is 4.22. The molecule has 0 fully saturated rings. The molecule has 0 aromatic rings. The smallest absolute Gasteiger partial charge is 0.222 e. The Morgan fingerprint density at radius 3 is 2.43 bits per heavy atom. The Bertz CT molecular complexity index is 72.1. The molecule has 0 aliphatic carbocycles. The number of amides is 1. The van der Waals surface area contributed by atoms with E-state index < -0.39 is 11.8 Å². The number of rotatable bonds is 2.